The molecule has 0 saturated carbocycles. The summed E-state index contributed by atoms with van der Waals surface area (Å²) < 4.78 is 8.91. The highest BCUT2D eigenvalue weighted by molar-refractivity contribution is 9.10. The molecule has 0 radical (unpaired) electrons. The van der Waals surface area contributed by atoms with Crippen molar-refractivity contribution in [2.24, 2.45) is 0 Å². The van der Waals surface area contributed by atoms with E-state index in [1.165, 1.54) is 0 Å². The third-order valence-corrected chi connectivity index (χ3v) is 5.71. The summed E-state index contributed by atoms with van der Waals surface area (Å²) in [4.78, 5) is 4.68. The molecular weight excluding hydrogens is 422 g/mol. The summed E-state index contributed by atoms with van der Waals surface area (Å²) in [5.74, 6) is 1.64. The van der Waals surface area contributed by atoms with E-state index in [0.29, 0.717) is 17.8 Å². The summed E-state index contributed by atoms with van der Waals surface area (Å²) in [7, 11) is 0. The lowest BCUT2D eigenvalue weighted by atomic mass is 10.2. The molecule has 2 heterocycles. The first-order valence-corrected chi connectivity index (χ1v) is 10.3. The predicted octanol–water partition coefficient (Wildman–Crippen LogP) is 5.60. The molecule has 134 valence electrons. The highest BCUT2D eigenvalue weighted by Crippen LogP contribution is 2.29. The van der Waals surface area contributed by atoms with Crippen LogP contribution in [0.25, 0.3) is 16.7 Å². The Labute approximate surface area is 169 Å². The third kappa shape index (κ3) is 3.53. The summed E-state index contributed by atoms with van der Waals surface area (Å²) in [5, 5.41) is 10.6. The minimum absolute atomic E-state index is 0.592. The number of benzene rings is 2. The summed E-state index contributed by atoms with van der Waals surface area (Å²) in [6.07, 6.45) is 0. The van der Waals surface area contributed by atoms with E-state index in [2.05, 4.69) is 37.5 Å². The van der Waals surface area contributed by atoms with Crippen LogP contribution < -0.4 is 4.74 Å². The van der Waals surface area contributed by atoms with E-state index in [1.54, 1.807) is 11.8 Å². The number of rotatable bonds is 5. The highest BCUT2D eigenvalue weighted by Gasteiger charge is 2.15. The molecule has 0 aliphatic carbocycles. The van der Waals surface area contributed by atoms with E-state index >= 15 is 0 Å². The molecule has 0 aliphatic heterocycles. The van der Waals surface area contributed by atoms with Gasteiger partial charge in [-0.3, -0.25) is 4.40 Å². The molecule has 0 aliphatic rings. The van der Waals surface area contributed by atoms with E-state index in [9.17, 15) is 5.26 Å². The number of nitrogens with zero attached hydrogens (tertiary/aromatic N) is 3. The van der Waals surface area contributed by atoms with Crippen LogP contribution in [0, 0.1) is 18.3 Å². The maximum absolute atomic E-state index is 9.56. The van der Waals surface area contributed by atoms with Crippen molar-refractivity contribution in [1.82, 2.24) is 9.38 Å². The Hall–Kier alpha value is -2.49. The van der Waals surface area contributed by atoms with Crippen molar-refractivity contribution in [1.29, 1.82) is 5.26 Å². The Morgan fingerprint density at radius 3 is 2.85 bits per heavy atom. The van der Waals surface area contributed by atoms with Crippen LogP contribution in [0.2, 0.25) is 0 Å². The van der Waals surface area contributed by atoms with Crippen LogP contribution in [0.15, 0.2) is 64.1 Å². The molecule has 6 heteroatoms. The van der Waals surface area contributed by atoms with Gasteiger partial charge in [0.15, 0.2) is 5.65 Å². The first-order chi connectivity index (χ1) is 13.2. The second kappa shape index (κ2) is 7.63. The molecule has 4 nitrogen and oxygen atoms in total. The Morgan fingerprint density at radius 2 is 2.04 bits per heavy atom. The molecule has 27 heavy (non-hydrogen) atoms. The van der Waals surface area contributed by atoms with Crippen LogP contribution >= 0.6 is 27.7 Å². The molecule has 0 N–H and O–H groups in total. The first-order valence-electron chi connectivity index (χ1n) is 8.49. The second-order valence-electron chi connectivity index (χ2n) is 6.07. The second-order valence-corrected chi connectivity index (χ2v) is 8.10. The van der Waals surface area contributed by atoms with Gasteiger partial charge in [0.25, 0.3) is 0 Å². The zero-order valence-electron chi connectivity index (χ0n) is 14.6. The molecule has 0 bridgehead atoms. The van der Waals surface area contributed by atoms with Crippen molar-refractivity contribution in [2.75, 3.05) is 12.4 Å². The summed E-state index contributed by atoms with van der Waals surface area (Å²) in [5.41, 5.74) is 4.19. The summed E-state index contributed by atoms with van der Waals surface area (Å²) in [6, 6.07) is 20.2. The number of pyridine rings is 1. The van der Waals surface area contributed by atoms with Gasteiger partial charge in [-0.25, -0.2) is 4.98 Å². The third-order valence-electron chi connectivity index (χ3n) is 4.25. The number of imidazole rings is 1. The minimum atomic E-state index is 0.592. The van der Waals surface area contributed by atoms with Crippen molar-refractivity contribution in [3.8, 4) is 11.8 Å². The van der Waals surface area contributed by atoms with E-state index in [-0.39, 0.29) is 0 Å². The molecule has 0 spiro atoms. The fourth-order valence-corrected chi connectivity index (χ4v) is 4.35. The largest absolute Gasteiger partial charge is 0.493 e. The van der Waals surface area contributed by atoms with Gasteiger partial charge in [0.1, 0.15) is 11.8 Å². The summed E-state index contributed by atoms with van der Waals surface area (Å²) >= 11 is 5.16. The lowest BCUT2D eigenvalue weighted by Gasteiger charge is -2.10. The van der Waals surface area contributed by atoms with Crippen molar-refractivity contribution >= 4 is 44.4 Å². The van der Waals surface area contributed by atoms with E-state index in [4.69, 9.17) is 4.74 Å². The van der Waals surface area contributed by atoms with Crippen LogP contribution in [-0.4, -0.2) is 21.7 Å². The Balaban J connectivity index is 1.62. The van der Waals surface area contributed by atoms with Crippen LogP contribution in [0.5, 0.6) is 5.75 Å². The number of nitriles is 1. The standard InChI is InChI=1S/C21H16BrN3OS/c1-14-11-20(27-10-9-26-16-6-4-5-15(22)12-16)25-19-8-3-2-7-18(19)24-21(25)17(14)13-23/h2-8,11-12H,9-10H2,1H3. The lowest BCUT2D eigenvalue weighted by molar-refractivity contribution is 0.343. The number of hydrogen-bond acceptors (Lipinski definition) is 4. The minimum Gasteiger partial charge on any atom is -0.493 e. The number of ether oxygens (including phenoxy) is 1. The van der Waals surface area contributed by atoms with E-state index in [1.807, 2.05) is 55.5 Å². The van der Waals surface area contributed by atoms with Gasteiger partial charge in [-0.2, -0.15) is 5.26 Å². The normalized spacial score (nSPS) is 11.0. The quantitative estimate of drug-likeness (QED) is 0.301. The van der Waals surface area contributed by atoms with Crippen molar-refractivity contribution in [2.45, 2.75) is 11.9 Å². The molecule has 0 unspecified atom stereocenters. The number of fused-ring (bicyclic) bond motifs is 3. The summed E-state index contributed by atoms with van der Waals surface area (Å²) in [6.45, 7) is 2.55. The number of para-hydroxylation sites is 2. The van der Waals surface area contributed by atoms with Gasteiger partial charge in [-0.15, -0.1) is 11.8 Å². The van der Waals surface area contributed by atoms with Crippen molar-refractivity contribution in [3.05, 3.63) is 70.2 Å². The molecule has 0 saturated heterocycles. The van der Waals surface area contributed by atoms with Gasteiger partial charge < -0.3 is 4.74 Å². The Bertz CT molecular complexity index is 1180. The van der Waals surface area contributed by atoms with E-state index < -0.39 is 0 Å². The molecular formula is C21H16BrN3OS. The average Bonchev–Trinajstić information content (AvgIpc) is 3.04. The average molecular weight is 438 g/mol. The zero-order chi connectivity index (χ0) is 18.8. The van der Waals surface area contributed by atoms with Crippen molar-refractivity contribution in [3.63, 3.8) is 0 Å². The molecule has 2 aromatic carbocycles. The number of hydrogen-bond donors (Lipinski definition) is 0. The maximum Gasteiger partial charge on any atom is 0.157 e. The monoisotopic (exact) mass is 437 g/mol. The lowest BCUT2D eigenvalue weighted by Crippen LogP contribution is -2.02. The number of aryl methyl sites for hydroxylation is 1. The van der Waals surface area contributed by atoms with Gasteiger partial charge in [-0.05, 0) is 48.9 Å². The van der Waals surface area contributed by atoms with Crippen LogP contribution in [0.4, 0.5) is 0 Å². The number of halogens is 1. The number of thioether (sulfide) groups is 1. The topological polar surface area (TPSA) is 50.3 Å². The van der Waals surface area contributed by atoms with Gasteiger partial charge >= 0.3 is 0 Å². The first kappa shape index (κ1) is 17.9. The molecule has 2 aromatic heterocycles. The molecule has 4 aromatic rings. The Kier molecular flexibility index (Phi) is 5.06. The van der Waals surface area contributed by atoms with Gasteiger partial charge in [0, 0.05) is 10.2 Å². The van der Waals surface area contributed by atoms with Gasteiger partial charge in [-0.1, -0.05) is 34.1 Å². The van der Waals surface area contributed by atoms with Crippen molar-refractivity contribution < 1.29 is 4.74 Å². The maximum atomic E-state index is 9.56. The zero-order valence-corrected chi connectivity index (χ0v) is 17.0. The Morgan fingerprint density at radius 1 is 1.19 bits per heavy atom. The molecule has 4 rings (SSSR count). The SMILES string of the molecule is Cc1cc(SCCOc2cccc(Br)c2)n2c(nc3ccccc32)c1C#N. The molecule has 0 amide bonds. The number of aromatic nitrogens is 2. The highest BCUT2D eigenvalue weighted by atomic mass is 79.9. The fourth-order valence-electron chi connectivity index (χ4n) is 3.02. The smallest absolute Gasteiger partial charge is 0.157 e. The molecule has 0 atom stereocenters. The van der Waals surface area contributed by atoms with Crippen LogP contribution in [0.3, 0.4) is 0 Å². The fraction of sp³-hybridized carbons (Fsp3) is 0.143. The molecule has 0 fully saturated rings. The predicted molar refractivity (Wildman–Crippen MR) is 113 cm³/mol. The van der Waals surface area contributed by atoms with E-state index in [0.717, 1.165) is 37.6 Å². The van der Waals surface area contributed by atoms with Gasteiger partial charge in [0.05, 0.1) is 28.2 Å². The van der Waals surface area contributed by atoms with Crippen LogP contribution in [0.1, 0.15) is 11.1 Å². The van der Waals surface area contributed by atoms with Crippen LogP contribution in [-0.2, 0) is 0 Å². The van der Waals surface area contributed by atoms with Gasteiger partial charge in [0.2, 0.25) is 0 Å².